The summed E-state index contributed by atoms with van der Waals surface area (Å²) < 4.78 is 1.67. The molecular weight excluding hydrogens is 244 g/mol. The maximum Gasteiger partial charge on any atom is 0.291 e. The fraction of sp³-hybridized carbons (Fsp3) is 0.154. The van der Waals surface area contributed by atoms with Crippen LogP contribution in [0.2, 0.25) is 0 Å². The van der Waals surface area contributed by atoms with Crippen molar-refractivity contribution in [2.45, 2.75) is 6.04 Å². The summed E-state index contributed by atoms with van der Waals surface area (Å²) in [7, 11) is 1.78. The molecule has 6 nitrogen and oxygen atoms in total. The van der Waals surface area contributed by atoms with Gasteiger partial charge >= 0.3 is 0 Å². The molecular formula is C13H12N4O2. The number of nitrogens with zero attached hydrogens (tertiary/aromatic N) is 4. The summed E-state index contributed by atoms with van der Waals surface area (Å²) in [5, 5.41) is 15.5. The fourth-order valence-electron chi connectivity index (χ4n) is 2.34. The van der Waals surface area contributed by atoms with Crippen molar-refractivity contribution in [3.8, 4) is 0 Å². The van der Waals surface area contributed by atoms with Crippen LogP contribution in [0, 0.1) is 10.1 Å². The maximum absolute atomic E-state index is 11.3. The van der Waals surface area contributed by atoms with E-state index in [0.29, 0.717) is 0 Å². The van der Waals surface area contributed by atoms with Gasteiger partial charge in [0.25, 0.3) is 5.70 Å². The number of hydrogen-bond acceptors (Lipinski definition) is 4. The summed E-state index contributed by atoms with van der Waals surface area (Å²) in [6, 6.07) is 10.7. The molecule has 0 aliphatic carbocycles. The average molecular weight is 256 g/mol. The van der Waals surface area contributed by atoms with Crippen LogP contribution < -0.4 is 4.90 Å². The molecule has 0 saturated heterocycles. The lowest BCUT2D eigenvalue weighted by molar-refractivity contribution is -0.432. The quantitative estimate of drug-likeness (QED) is 0.609. The van der Waals surface area contributed by atoms with Gasteiger partial charge in [0.15, 0.2) is 6.04 Å². The predicted octanol–water partition coefficient (Wildman–Crippen LogP) is 2.04. The summed E-state index contributed by atoms with van der Waals surface area (Å²) in [5.41, 5.74) is 0.966. The Labute approximate surface area is 109 Å². The molecule has 0 saturated carbocycles. The van der Waals surface area contributed by atoms with Crippen molar-refractivity contribution in [3.05, 3.63) is 70.2 Å². The molecule has 19 heavy (non-hydrogen) atoms. The SMILES string of the molecule is CN1C=C([N+](=O)[O-])C(c2ccccc2)n2nccc21. The van der Waals surface area contributed by atoms with Crippen LogP contribution >= 0.6 is 0 Å². The van der Waals surface area contributed by atoms with Gasteiger partial charge < -0.3 is 4.90 Å². The van der Waals surface area contributed by atoms with E-state index in [2.05, 4.69) is 5.10 Å². The second-order valence-electron chi connectivity index (χ2n) is 4.37. The second kappa shape index (κ2) is 4.24. The van der Waals surface area contributed by atoms with Gasteiger partial charge in [-0.1, -0.05) is 30.3 Å². The number of benzene rings is 1. The first-order valence-electron chi connectivity index (χ1n) is 5.86. The molecule has 1 unspecified atom stereocenters. The molecule has 2 heterocycles. The van der Waals surface area contributed by atoms with Crippen LogP contribution in [-0.4, -0.2) is 21.8 Å². The molecule has 1 aromatic carbocycles. The summed E-state index contributed by atoms with van der Waals surface area (Å²) >= 11 is 0. The molecule has 2 aromatic rings. The van der Waals surface area contributed by atoms with Crippen LogP contribution in [0.25, 0.3) is 0 Å². The van der Waals surface area contributed by atoms with Crippen molar-refractivity contribution in [2.24, 2.45) is 0 Å². The van der Waals surface area contributed by atoms with Gasteiger partial charge in [0.05, 0.1) is 17.3 Å². The van der Waals surface area contributed by atoms with Crippen molar-refractivity contribution in [3.63, 3.8) is 0 Å². The molecule has 0 amide bonds. The molecule has 0 fully saturated rings. The fourth-order valence-corrected chi connectivity index (χ4v) is 2.34. The summed E-state index contributed by atoms with van der Waals surface area (Å²) in [4.78, 5) is 12.6. The first-order valence-corrected chi connectivity index (χ1v) is 5.86. The van der Waals surface area contributed by atoms with E-state index in [9.17, 15) is 10.1 Å². The van der Waals surface area contributed by atoms with E-state index >= 15 is 0 Å². The van der Waals surface area contributed by atoms with Gasteiger partial charge in [-0.05, 0) is 5.56 Å². The normalized spacial score (nSPS) is 17.8. The highest BCUT2D eigenvalue weighted by Crippen LogP contribution is 2.34. The molecule has 1 atom stereocenters. The number of nitro groups is 1. The lowest BCUT2D eigenvalue weighted by Gasteiger charge is -2.26. The van der Waals surface area contributed by atoms with Crippen molar-refractivity contribution in [2.75, 3.05) is 11.9 Å². The third-order valence-electron chi connectivity index (χ3n) is 3.19. The van der Waals surface area contributed by atoms with E-state index in [4.69, 9.17) is 0 Å². The van der Waals surface area contributed by atoms with E-state index in [1.165, 1.54) is 0 Å². The van der Waals surface area contributed by atoms with Crippen molar-refractivity contribution >= 4 is 5.82 Å². The van der Waals surface area contributed by atoms with E-state index < -0.39 is 6.04 Å². The summed E-state index contributed by atoms with van der Waals surface area (Å²) in [6.07, 6.45) is 3.20. The number of allylic oxidation sites excluding steroid dienone is 1. The number of hydrogen-bond donors (Lipinski definition) is 0. The zero-order chi connectivity index (χ0) is 13.4. The molecule has 6 heteroatoms. The minimum Gasteiger partial charge on any atom is -0.330 e. The Bertz CT molecular complexity index is 648. The van der Waals surface area contributed by atoms with Gasteiger partial charge in [-0.2, -0.15) is 5.10 Å². The van der Waals surface area contributed by atoms with Crippen LogP contribution in [0.1, 0.15) is 11.6 Å². The van der Waals surface area contributed by atoms with E-state index in [1.807, 2.05) is 36.4 Å². The zero-order valence-electron chi connectivity index (χ0n) is 10.3. The highest BCUT2D eigenvalue weighted by atomic mass is 16.6. The number of anilines is 1. The Morgan fingerprint density at radius 3 is 2.68 bits per heavy atom. The van der Waals surface area contributed by atoms with Crippen molar-refractivity contribution < 1.29 is 4.92 Å². The Morgan fingerprint density at radius 1 is 1.26 bits per heavy atom. The molecule has 96 valence electrons. The standard InChI is InChI=1S/C13H12N4O2/c1-15-9-11(17(18)19)13(10-5-3-2-4-6-10)16-12(15)7-8-14-16/h2-9,13H,1H3. The van der Waals surface area contributed by atoms with Crippen molar-refractivity contribution in [1.29, 1.82) is 0 Å². The third kappa shape index (κ3) is 1.77. The Balaban J connectivity index is 2.19. The molecule has 1 aromatic heterocycles. The Kier molecular flexibility index (Phi) is 2.56. The topological polar surface area (TPSA) is 64.2 Å². The first-order chi connectivity index (χ1) is 9.18. The minimum atomic E-state index is -0.489. The van der Waals surface area contributed by atoms with Crippen LogP contribution in [0.15, 0.2) is 54.5 Å². The van der Waals surface area contributed by atoms with Crippen LogP contribution in [0.4, 0.5) is 5.82 Å². The van der Waals surface area contributed by atoms with E-state index in [0.717, 1.165) is 11.4 Å². The zero-order valence-corrected chi connectivity index (χ0v) is 10.3. The summed E-state index contributed by atoms with van der Waals surface area (Å²) in [6.45, 7) is 0. The second-order valence-corrected chi connectivity index (χ2v) is 4.37. The molecule has 3 rings (SSSR count). The average Bonchev–Trinajstić information content (AvgIpc) is 2.89. The highest BCUT2D eigenvalue weighted by Gasteiger charge is 2.35. The van der Waals surface area contributed by atoms with E-state index in [-0.39, 0.29) is 10.6 Å². The minimum absolute atomic E-state index is 0.116. The largest absolute Gasteiger partial charge is 0.330 e. The van der Waals surface area contributed by atoms with Crippen LogP contribution in [0.3, 0.4) is 0 Å². The monoisotopic (exact) mass is 256 g/mol. The third-order valence-corrected chi connectivity index (χ3v) is 3.19. The van der Waals surface area contributed by atoms with Gasteiger partial charge in [0, 0.05) is 13.1 Å². The van der Waals surface area contributed by atoms with Crippen LogP contribution in [0.5, 0.6) is 0 Å². The highest BCUT2D eigenvalue weighted by molar-refractivity contribution is 5.48. The van der Waals surface area contributed by atoms with Gasteiger partial charge in [0.2, 0.25) is 0 Å². The maximum atomic E-state index is 11.3. The predicted molar refractivity (Wildman–Crippen MR) is 70.3 cm³/mol. The number of rotatable bonds is 2. The molecule has 0 bridgehead atoms. The number of fused-ring (bicyclic) bond motifs is 1. The van der Waals surface area contributed by atoms with Crippen LogP contribution in [-0.2, 0) is 0 Å². The van der Waals surface area contributed by atoms with Gasteiger partial charge in [-0.25, -0.2) is 4.68 Å². The molecule has 0 radical (unpaired) electrons. The van der Waals surface area contributed by atoms with Gasteiger partial charge in [-0.15, -0.1) is 0 Å². The Hall–Kier alpha value is -2.63. The molecule has 1 aliphatic heterocycles. The molecule has 0 N–H and O–H groups in total. The summed E-state index contributed by atoms with van der Waals surface area (Å²) in [5.74, 6) is 0.833. The van der Waals surface area contributed by atoms with E-state index in [1.54, 1.807) is 29.0 Å². The van der Waals surface area contributed by atoms with Crippen molar-refractivity contribution in [1.82, 2.24) is 9.78 Å². The first kappa shape index (κ1) is 11.5. The molecule has 1 aliphatic rings. The lowest BCUT2D eigenvalue weighted by atomic mass is 10.0. The van der Waals surface area contributed by atoms with Gasteiger partial charge in [0.1, 0.15) is 5.82 Å². The smallest absolute Gasteiger partial charge is 0.291 e. The Morgan fingerprint density at radius 2 is 2.00 bits per heavy atom. The molecule has 0 spiro atoms. The lowest BCUT2D eigenvalue weighted by Crippen LogP contribution is -2.29. The van der Waals surface area contributed by atoms with Gasteiger partial charge in [-0.3, -0.25) is 10.1 Å². The number of aromatic nitrogens is 2.